The minimum atomic E-state index is -3.52. The molecule has 2 rings (SSSR count). The monoisotopic (exact) mass is 338 g/mol. The van der Waals surface area contributed by atoms with Crippen LogP contribution in [-0.2, 0) is 14.8 Å². The van der Waals surface area contributed by atoms with E-state index in [9.17, 15) is 13.2 Å². The zero-order chi connectivity index (χ0) is 16.9. The van der Waals surface area contributed by atoms with Crippen molar-refractivity contribution in [2.45, 2.75) is 26.7 Å². The third kappa shape index (κ3) is 4.69. The SMILES string of the molecule is CCC(CC)C(=O)NCCS(=O)(=O)Nc1ccn2nccc2c1. The average molecular weight is 338 g/mol. The summed E-state index contributed by atoms with van der Waals surface area (Å²) in [5.41, 5.74) is 1.27. The summed E-state index contributed by atoms with van der Waals surface area (Å²) in [5.74, 6) is -0.315. The molecule has 0 radical (unpaired) electrons. The van der Waals surface area contributed by atoms with Crippen LogP contribution in [-0.4, -0.2) is 36.2 Å². The molecule has 0 atom stereocenters. The number of sulfonamides is 1. The van der Waals surface area contributed by atoms with Gasteiger partial charge in [0.2, 0.25) is 15.9 Å². The lowest BCUT2D eigenvalue weighted by Gasteiger charge is -2.13. The van der Waals surface area contributed by atoms with Crippen LogP contribution in [0.2, 0.25) is 0 Å². The van der Waals surface area contributed by atoms with Crippen molar-refractivity contribution < 1.29 is 13.2 Å². The quantitative estimate of drug-likeness (QED) is 0.765. The molecule has 0 saturated carbocycles. The molecule has 0 fully saturated rings. The first-order valence-electron chi connectivity index (χ1n) is 7.66. The van der Waals surface area contributed by atoms with E-state index in [0.29, 0.717) is 5.69 Å². The number of fused-ring (bicyclic) bond motifs is 1. The largest absolute Gasteiger partial charge is 0.355 e. The summed E-state index contributed by atoms with van der Waals surface area (Å²) in [7, 11) is -3.52. The van der Waals surface area contributed by atoms with Crippen LogP contribution < -0.4 is 10.0 Å². The molecule has 2 N–H and O–H groups in total. The highest BCUT2D eigenvalue weighted by molar-refractivity contribution is 7.92. The Labute approximate surface area is 136 Å². The number of nitrogens with zero attached hydrogens (tertiary/aromatic N) is 2. The van der Waals surface area contributed by atoms with Gasteiger partial charge < -0.3 is 5.32 Å². The smallest absolute Gasteiger partial charge is 0.234 e. The predicted octanol–water partition coefficient (Wildman–Crippen LogP) is 1.63. The van der Waals surface area contributed by atoms with Crippen molar-refractivity contribution in [1.82, 2.24) is 14.9 Å². The number of pyridine rings is 1. The molecule has 0 unspecified atom stereocenters. The molecule has 0 aromatic carbocycles. The number of anilines is 1. The Bertz CT molecular complexity index is 766. The lowest BCUT2D eigenvalue weighted by atomic mass is 10.0. The summed E-state index contributed by atoms with van der Waals surface area (Å²) in [6, 6.07) is 5.13. The molecule has 2 aromatic rings. The second-order valence-electron chi connectivity index (χ2n) is 5.34. The van der Waals surface area contributed by atoms with E-state index in [1.54, 1.807) is 35.1 Å². The van der Waals surface area contributed by atoms with Gasteiger partial charge in [-0.25, -0.2) is 12.9 Å². The van der Waals surface area contributed by atoms with Crippen molar-refractivity contribution in [3.63, 3.8) is 0 Å². The van der Waals surface area contributed by atoms with E-state index < -0.39 is 10.0 Å². The highest BCUT2D eigenvalue weighted by atomic mass is 32.2. The van der Waals surface area contributed by atoms with Crippen LogP contribution >= 0.6 is 0 Å². The minimum absolute atomic E-state index is 0.0602. The van der Waals surface area contributed by atoms with Gasteiger partial charge in [-0.2, -0.15) is 5.10 Å². The molecular weight excluding hydrogens is 316 g/mol. The van der Waals surface area contributed by atoms with Gasteiger partial charge in [-0.3, -0.25) is 9.52 Å². The first-order valence-corrected chi connectivity index (χ1v) is 9.32. The van der Waals surface area contributed by atoms with Crippen LogP contribution in [0.1, 0.15) is 26.7 Å². The summed E-state index contributed by atoms with van der Waals surface area (Å²) in [4.78, 5) is 11.8. The van der Waals surface area contributed by atoms with Crippen LogP contribution in [0, 0.1) is 5.92 Å². The number of aromatic nitrogens is 2. The Morgan fingerprint density at radius 1 is 1.30 bits per heavy atom. The number of amides is 1. The lowest BCUT2D eigenvalue weighted by molar-refractivity contribution is -0.125. The standard InChI is InChI=1S/C15H22N4O3S/c1-3-12(4-2)15(20)16-8-10-23(21,22)18-13-6-9-19-14(11-13)5-7-17-19/h5-7,9,11-12,18H,3-4,8,10H2,1-2H3,(H,16,20). The fraction of sp³-hybridized carbons (Fsp3) is 0.467. The van der Waals surface area contributed by atoms with E-state index in [-0.39, 0.29) is 24.1 Å². The average Bonchev–Trinajstić information content (AvgIpc) is 2.95. The molecule has 126 valence electrons. The molecule has 7 nitrogen and oxygen atoms in total. The fourth-order valence-corrected chi connectivity index (χ4v) is 3.29. The maximum atomic E-state index is 12.1. The van der Waals surface area contributed by atoms with Crippen LogP contribution in [0.4, 0.5) is 5.69 Å². The molecule has 1 amide bonds. The van der Waals surface area contributed by atoms with Crippen molar-refractivity contribution in [2.75, 3.05) is 17.0 Å². The molecule has 23 heavy (non-hydrogen) atoms. The van der Waals surface area contributed by atoms with E-state index in [1.165, 1.54) is 0 Å². The van der Waals surface area contributed by atoms with E-state index in [0.717, 1.165) is 18.4 Å². The van der Waals surface area contributed by atoms with Crippen molar-refractivity contribution >= 4 is 27.1 Å². The van der Waals surface area contributed by atoms with Gasteiger partial charge in [-0.15, -0.1) is 0 Å². The Balaban J connectivity index is 1.90. The number of rotatable bonds is 8. The van der Waals surface area contributed by atoms with Gasteiger partial charge in [-0.1, -0.05) is 13.8 Å². The Morgan fingerprint density at radius 3 is 2.74 bits per heavy atom. The van der Waals surface area contributed by atoms with E-state index in [2.05, 4.69) is 15.1 Å². The number of hydrogen-bond acceptors (Lipinski definition) is 4. The van der Waals surface area contributed by atoms with Crippen molar-refractivity contribution in [3.05, 3.63) is 30.6 Å². The number of nitrogens with one attached hydrogen (secondary N) is 2. The Kier molecular flexibility index (Phi) is 5.59. The molecule has 0 saturated heterocycles. The highest BCUT2D eigenvalue weighted by Crippen LogP contribution is 2.13. The zero-order valence-corrected chi connectivity index (χ0v) is 14.1. The summed E-state index contributed by atoms with van der Waals surface area (Å²) in [5, 5.41) is 6.73. The molecule has 8 heteroatoms. The highest BCUT2D eigenvalue weighted by Gasteiger charge is 2.16. The number of carbonyl (C=O) groups excluding carboxylic acids is 1. The van der Waals surface area contributed by atoms with E-state index in [4.69, 9.17) is 0 Å². The molecule has 2 heterocycles. The summed E-state index contributed by atoms with van der Waals surface area (Å²) >= 11 is 0. The maximum Gasteiger partial charge on any atom is 0.234 e. The molecular formula is C15H22N4O3S. The van der Waals surface area contributed by atoms with Gasteiger partial charge in [-0.05, 0) is 31.0 Å². The molecule has 0 aliphatic heterocycles. The van der Waals surface area contributed by atoms with Crippen LogP contribution in [0.3, 0.4) is 0 Å². The number of carbonyl (C=O) groups is 1. The van der Waals surface area contributed by atoms with Gasteiger partial charge in [0, 0.05) is 24.9 Å². The number of hydrogen-bond donors (Lipinski definition) is 2. The molecule has 2 aromatic heterocycles. The van der Waals surface area contributed by atoms with Crippen molar-refractivity contribution in [2.24, 2.45) is 5.92 Å². The van der Waals surface area contributed by atoms with Gasteiger partial charge in [0.15, 0.2) is 0 Å². The predicted molar refractivity (Wildman–Crippen MR) is 89.7 cm³/mol. The molecule has 0 spiro atoms. The van der Waals surface area contributed by atoms with Gasteiger partial charge >= 0.3 is 0 Å². The lowest BCUT2D eigenvalue weighted by Crippen LogP contribution is -2.35. The van der Waals surface area contributed by atoms with Gasteiger partial charge in [0.05, 0.1) is 17.0 Å². The second kappa shape index (κ2) is 7.45. The third-order valence-electron chi connectivity index (χ3n) is 3.70. The molecule has 0 aliphatic carbocycles. The normalized spacial score (nSPS) is 11.8. The van der Waals surface area contributed by atoms with Crippen LogP contribution in [0.5, 0.6) is 0 Å². The molecule has 0 bridgehead atoms. The first-order chi connectivity index (χ1) is 10.9. The maximum absolute atomic E-state index is 12.1. The van der Waals surface area contributed by atoms with Crippen LogP contribution in [0.25, 0.3) is 5.52 Å². The van der Waals surface area contributed by atoms with Crippen LogP contribution in [0.15, 0.2) is 30.6 Å². The van der Waals surface area contributed by atoms with Crippen molar-refractivity contribution in [1.29, 1.82) is 0 Å². The Morgan fingerprint density at radius 2 is 2.04 bits per heavy atom. The summed E-state index contributed by atoms with van der Waals surface area (Å²) < 4.78 is 28.3. The zero-order valence-electron chi connectivity index (χ0n) is 13.3. The third-order valence-corrected chi connectivity index (χ3v) is 4.99. The fourth-order valence-electron chi connectivity index (χ4n) is 2.33. The first kappa shape index (κ1) is 17.3. The topological polar surface area (TPSA) is 92.6 Å². The second-order valence-corrected chi connectivity index (χ2v) is 7.18. The van der Waals surface area contributed by atoms with Gasteiger partial charge in [0.1, 0.15) is 0 Å². The minimum Gasteiger partial charge on any atom is -0.355 e. The van der Waals surface area contributed by atoms with Gasteiger partial charge in [0.25, 0.3) is 0 Å². The summed E-state index contributed by atoms with van der Waals surface area (Å²) in [6.07, 6.45) is 4.82. The van der Waals surface area contributed by atoms with Crippen molar-refractivity contribution in [3.8, 4) is 0 Å². The van der Waals surface area contributed by atoms with E-state index >= 15 is 0 Å². The van der Waals surface area contributed by atoms with E-state index in [1.807, 2.05) is 13.8 Å². The Hall–Kier alpha value is -2.09. The molecule has 0 aliphatic rings. The summed E-state index contributed by atoms with van der Waals surface area (Å²) in [6.45, 7) is 3.98.